The molecule has 0 bridgehead atoms. The number of hydrogen-bond donors (Lipinski definition) is 2. The number of aromatic amines is 1. The van der Waals surface area contributed by atoms with Crippen LogP contribution in [-0.2, 0) is 6.54 Å². The molecule has 0 saturated carbocycles. The number of H-pyrrole nitrogens is 1. The Labute approximate surface area is 125 Å². The number of fused-ring (bicyclic) bond motifs is 3. The summed E-state index contributed by atoms with van der Waals surface area (Å²) in [6.45, 7) is 4.16. The maximum atomic E-state index is 14.8. The van der Waals surface area contributed by atoms with Crippen LogP contribution in [0.15, 0.2) is 33.7 Å². The van der Waals surface area contributed by atoms with Gasteiger partial charge in [-0.25, -0.2) is 4.39 Å². The number of benzene rings is 1. The first-order chi connectivity index (χ1) is 10.7. The summed E-state index contributed by atoms with van der Waals surface area (Å²) < 4.78 is 20.1. The van der Waals surface area contributed by atoms with Crippen LogP contribution < -0.4 is 10.9 Å². The Bertz CT molecular complexity index is 893. The third-order valence-corrected chi connectivity index (χ3v) is 4.22. The van der Waals surface area contributed by atoms with E-state index in [-0.39, 0.29) is 16.9 Å². The van der Waals surface area contributed by atoms with E-state index in [0.29, 0.717) is 28.5 Å². The molecule has 0 amide bonds. The second-order valence-corrected chi connectivity index (χ2v) is 5.60. The minimum atomic E-state index is -0.369. The highest BCUT2D eigenvalue weighted by atomic mass is 19.1. The van der Waals surface area contributed by atoms with Crippen molar-refractivity contribution in [1.29, 1.82) is 0 Å². The zero-order chi connectivity index (χ0) is 15.1. The summed E-state index contributed by atoms with van der Waals surface area (Å²) >= 11 is 0. The van der Waals surface area contributed by atoms with Gasteiger partial charge < -0.3 is 14.7 Å². The van der Waals surface area contributed by atoms with Crippen LogP contribution in [0.25, 0.3) is 21.9 Å². The average Bonchev–Trinajstić information content (AvgIpc) is 3.02. The van der Waals surface area contributed by atoms with Crippen molar-refractivity contribution in [1.82, 2.24) is 15.2 Å². The maximum Gasteiger partial charge on any atom is 0.259 e. The number of aromatic nitrogens is 1. The first-order valence-electron chi connectivity index (χ1n) is 7.37. The highest BCUT2D eigenvalue weighted by Crippen LogP contribution is 2.26. The van der Waals surface area contributed by atoms with Crippen LogP contribution in [0.3, 0.4) is 0 Å². The number of hydrogen-bond acceptors (Lipinski definition) is 4. The standard InChI is InChI=1S/C16H16FN3O2/c17-13-10(9-20-6-4-18-5-7-20)1-2-11-14(13)19-16(21)12-3-8-22-15(11)12/h1-3,8,18H,4-7,9H2,(H,19,21). The molecule has 5 nitrogen and oxygen atoms in total. The quantitative estimate of drug-likeness (QED) is 0.758. The van der Waals surface area contributed by atoms with Crippen LogP contribution in [0.2, 0.25) is 0 Å². The summed E-state index contributed by atoms with van der Waals surface area (Å²) in [5.74, 6) is -0.369. The lowest BCUT2D eigenvalue weighted by Crippen LogP contribution is -2.43. The number of nitrogens with one attached hydrogen (secondary N) is 2. The molecule has 1 aliphatic rings. The topological polar surface area (TPSA) is 61.3 Å². The first-order valence-corrected chi connectivity index (χ1v) is 7.37. The molecule has 0 unspecified atom stereocenters. The first kappa shape index (κ1) is 13.5. The van der Waals surface area contributed by atoms with Crippen molar-refractivity contribution in [3.8, 4) is 0 Å². The zero-order valence-electron chi connectivity index (χ0n) is 12.0. The molecule has 0 spiro atoms. The molecule has 114 valence electrons. The monoisotopic (exact) mass is 301 g/mol. The largest absolute Gasteiger partial charge is 0.463 e. The Morgan fingerprint density at radius 3 is 2.82 bits per heavy atom. The Morgan fingerprint density at radius 1 is 1.18 bits per heavy atom. The third-order valence-electron chi connectivity index (χ3n) is 4.22. The molecule has 1 fully saturated rings. The van der Waals surface area contributed by atoms with Gasteiger partial charge in [0, 0.05) is 43.7 Å². The lowest BCUT2D eigenvalue weighted by molar-refractivity contribution is 0.230. The van der Waals surface area contributed by atoms with Gasteiger partial charge in [-0.05, 0) is 12.1 Å². The van der Waals surface area contributed by atoms with E-state index in [2.05, 4.69) is 15.2 Å². The maximum absolute atomic E-state index is 14.8. The molecule has 0 aliphatic carbocycles. The number of halogens is 1. The van der Waals surface area contributed by atoms with Gasteiger partial charge in [-0.15, -0.1) is 0 Å². The van der Waals surface area contributed by atoms with Crippen LogP contribution in [-0.4, -0.2) is 36.1 Å². The summed E-state index contributed by atoms with van der Waals surface area (Å²) in [4.78, 5) is 16.8. The number of furan rings is 1. The second-order valence-electron chi connectivity index (χ2n) is 5.60. The molecule has 1 aromatic carbocycles. The molecule has 4 rings (SSSR count). The van der Waals surface area contributed by atoms with Crippen LogP contribution in [0.4, 0.5) is 4.39 Å². The molecule has 1 aliphatic heterocycles. The Hall–Kier alpha value is -2.18. The van der Waals surface area contributed by atoms with E-state index in [1.807, 2.05) is 6.07 Å². The van der Waals surface area contributed by atoms with E-state index in [1.165, 1.54) is 6.26 Å². The SMILES string of the molecule is O=c1[nH]c2c(F)c(CN3CCNCC3)ccc2c2occc12. The predicted molar refractivity (Wildman–Crippen MR) is 82.4 cm³/mol. The van der Waals surface area contributed by atoms with Crippen molar-refractivity contribution in [3.05, 3.63) is 46.2 Å². The minimum absolute atomic E-state index is 0.222. The van der Waals surface area contributed by atoms with Crippen molar-refractivity contribution in [2.24, 2.45) is 0 Å². The van der Waals surface area contributed by atoms with Crippen molar-refractivity contribution < 1.29 is 8.81 Å². The molecule has 0 atom stereocenters. The normalized spacial score (nSPS) is 16.6. The van der Waals surface area contributed by atoms with E-state index >= 15 is 0 Å². The third kappa shape index (κ3) is 2.12. The zero-order valence-corrected chi connectivity index (χ0v) is 12.0. The van der Waals surface area contributed by atoms with Gasteiger partial charge in [-0.2, -0.15) is 0 Å². The average molecular weight is 301 g/mol. The van der Waals surface area contributed by atoms with Crippen LogP contribution in [0.5, 0.6) is 0 Å². The van der Waals surface area contributed by atoms with Gasteiger partial charge in [0.2, 0.25) is 0 Å². The Morgan fingerprint density at radius 2 is 2.00 bits per heavy atom. The fraction of sp³-hybridized carbons (Fsp3) is 0.312. The molecule has 3 aromatic rings. The second kappa shape index (κ2) is 5.23. The van der Waals surface area contributed by atoms with Crippen molar-refractivity contribution in [3.63, 3.8) is 0 Å². The van der Waals surface area contributed by atoms with E-state index in [4.69, 9.17) is 4.42 Å². The lowest BCUT2D eigenvalue weighted by Gasteiger charge is -2.27. The molecule has 6 heteroatoms. The van der Waals surface area contributed by atoms with Crippen molar-refractivity contribution in [2.45, 2.75) is 6.54 Å². The molecule has 1 saturated heterocycles. The lowest BCUT2D eigenvalue weighted by atomic mass is 10.1. The van der Waals surface area contributed by atoms with Gasteiger partial charge in [0.05, 0.1) is 17.2 Å². The van der Waals surface area contributed by atoms with Crippen molar-refractivity contribution in [2.75, 3.05) is 26.2 Å². The number of nitrogens with zero attached hydrogens (tertiary/aromatic N) is 1. The number of rotatable bonds is 2. The highest BCUT2D eigenvalue weighted by Gasteiger charge is 2.17. The molecule has 2 N–H and O–H groups in total. The molecular formula is C16H16FN3O2. The minimum Gasteiger partial charge on any atom is -0.463 e. The van der Waals surface area contributed by atoms with Crippen molar-refractivity contribution >= 4 is 21.9 Å². The van der Waals surface area contributed by atoms with Crippen LogP contribution in [0.1, 0.15) is 5.56 Å². The summed E-state index contributed by atoms with van der Waals surface area (Å²) in [6, 6.07) is 5.19. The Balaban J connectivity index is 1.82. The van der Waals surface area contributed by atoms with Gasteiger partial charge in [0.1, 0.15) is 5.58 Å². The van der Waals surface area contributed by atoms with E-state index < -0.39 is 0 Å². The Kier molecular flexibility index (Phi) is 3.20. The van der Waals surface area contributed by atoms with E-state index in [9.17, 15) is 9.18 Å². The summed E-state index contributed by atoms with van der Waals surface area (Å²) in [5.41, 5.74) is 0.928. The van der Waals surface area contributed by atoms with Gasteiger partial charge in [0.15, 0.2) is 5.82 Å². The summed E-state index contributed by atoms with van der Waals surface area (Å²) in [7, 11) is 0. The van der Waals surface area contributed by atoms with Gasteiger partial charge >= 0.3 is 0 Å². The fourth-order valence-electron chi connectivity index (χ4n) is 3.04. The molecular weight excluding hydrogens is 285 g/mol. The molecule has 2 aromatic heterocycles. The fourth-order valence-corrected chi connectivity index (χ4v) is 3.04. The highest BCUT2D eigenvalue weighted by molar-refractivity contribution is 6.02. The van der Waals surface area contributed by atoms with E-state index in [1.54, 1.807) is 12.1 Å². The summed E-state index contributed by atoms with van der Waals surface area (Å²) in [5, 5.41) is 4.32. The molecule has 3 heterocycles. The van der Waals surface area contributed by atoms with Crippen LogP contribution >= 0.6 is 0 Å². The predicted octanol–water partition coefficient (Wildman–Crippen LogP) is 1.82. The molecule has 22 heavy (non-hydrogen) atoms. The molecule has 0 radical (unpaired) electrons. The van der Waals surface area contributed by atoms with Gasteiger partial charge in [0.25, 0.3) is 5.56 Å². The van der Waals surface area contributed by atoms with Crippen LogP contribution in [0, 0.1) is 5.82 Å². The summed E-state index contributed by atoms with van der Waals surface area (Å²) in [6.07, 6.45) is 1.45. The number of piperazine rings is 1. The van der Waals surface area contributed by atoms with Gasteiger partial charge in [-0.1, -0.05) is 6.07 Å². The van der Waals surface area contributed by atoms with E-state index in [0.717, 1.165) is 26.2 Å². The van der Waals surface area contributed by atoms with Gasteiger partial charge in [-0.3, -0.25) is 9.69 Å². The smallest absolute Gasteiger partial charge is 0.259 e. The number of pyridine rings is 1.